The molecule has 0 spiro atoms. The minimum absolute atomic E-state index is 0.00877. The van der Waals surface area contributed by atoms with E-state index in [2.05, 4.69) is 11.8 Å². The molecule has 27 heavy (non-hydrogen) atoms. The Balaban J connectivity index is 1.87. The molecule has 1 aliphatic rings. The molecule has 3 aromatic rings. The van der Waals surface area contributed by atoms with Gasteiger partial charge in [0.25, 0.3) is 0 Å². The summed E-state index contributed by atoms with van der Waals surface area (Å²) in [6.07, 6.45) is 2.58. The summed E-state index contributed by atoms with van der Waals surface area (Å²) in [6.45, 7) is 5.83. The van der Waals surface area contributed by atoms with Gasteiger partial charge in [-0.25, -0.2) is 0 Å². The van der Waals surface area contributed by atoms with Gasteiger partial charge in [0.05, 0.1) is 23.6 Å². The number of rotatable bonds is 4. The number of hydrogen-bond acceptors (Lipinski definition) is 5. The maximum atomic E-state index is 13.2. The van der Waals surface area contributed by atoms with E-state index in [-0.39, 0.29) is 11.7 Å². The van der Waals surface area contributed by atoms with Gasteiger partial charge in [-0.3, -0.25) is 9.69 Å². The van der Waals surface area contributed by atoms with Crippen molar-refractivity contribution < 1.29 is 13.9 Å². The summed E-state index contributed by atoms with van der Waals surface area (Å²) in [5.41, 5.74) is 2.69. The van der Waals surface area contributed by atoms with E-state index in [4.69, 9.17) is 13.9 Å². The highest BCUT2D eigenvalue weighted by atomic mass is 16.5. The standard InChI is InChI=1S/C22H23NO4/c1-4-11-23-12-17-20(27-14(23)2)10-9-16-21(24)18(13-26-22(16)17)15-7-5-6-8-19(15)25-3/h5-10,13-14H,4,11-12H2,1-3H3. The maximum Gasteiger partial charge on any atom is 0.200 e. The lowest BCUT2D eigenvalue weighted by atomic mass is 10.0. The molecule has 0 N–H and O–H groups in total. The predicted octanol–water partition coefficient (Wildman–Crippen LogP) is 4.42. The number of hydrogen-bond donors (Lipinski definition) is 0. The Labute approximate surface area is 158 Å². The molecule has 0 bridgehead atoms. The normalized spacial score (nSPS) is 16.8. The van der Waals surface area contributed by atoms with Crippen molar-refractivity contribution in [2.75, 3.05) is 13.7 Å². The van der Waals surface area contributed by atoms with Crippen molar-refractivity contribution in [3.63, 3.8) is 0 Å². The fourth-order valence-electron chi connectivity index (χ4n) is 3.69. The third-order valence-corrected chi connectivity index (χ3v) is 5.08. The highest BCUT2D eigenvalue weighted by molar-refractivity contribution is 5.86. The number of benzene rings is 2. The van der Waals surface area contributed by atoms with Gasteiger partial charge < -0.3 is 13.9 Å². The summed E-state index contributed by atoms with van der Waals surface area (Å²) in [6, 6.07) is 11.1. The molecule has 0 saturated heterocycles. The molecular formula is C22H23NO4. The number of para-hydroxylation sites is 1. The minimum Gasteiger partial charge on any atom is -0.496 e. The topological polar surface area (TPSA) is 51.9 Å². The number of fused-ring (bicyclic) bond motifs is 3. The molecule has 1 aromatic heterocycles. The molecule has 1 unspecified atom stereocenters. The Hall–Kier alpha value is -2.79. The molecule has 1 atom stereocenters. The first-order valence-corrected chi connectivity index (χ1v) is 9.25. The first-order valence-electron chi connectivity index (χ1n) is 9.25. The molecule has 2 heterocycles. The molecule has 5 nitrogen and oxygen atoms in total. The molecule has 4 rings (SSSR count). The fourth-order valence-corrected chi connectivity index (χ4v) is 3.69. The third kappa shape index (κ3) is 2.98. The van der Waals surface area contributed by atoms with Crippen LogP contribution in [0.1, 0.15) is 25.8 Å². The van der Waals surface area contributed by atoms with Gasteiger partial charge in [-0.1, -0.05) is 25.1 Å². The summed E-state index contributed by atoms with van der Waals surface area (Å²) >= 11 is 0. The summed E-state index contributed by atoms with van der Waals surface area (Å²) in [4.78, 5) is 15.4. The van der Waals surface area contributed by atoms with Gasteiger partial charge in [0.1, 0.15) is 29.6 Å². The van der Waals surface area contributed by atoms with Gasteiger partial charge >= 0.3 is 0 Å². The summed E-state index contributed by atoms with van der Waals surface area (Å²) in [5, 5.41) is 0.562. The summed E-state index contributed by atoms with van der Waals surface area (Å²) in [7, 11) is 1.60. The Bertz CT molecular complexity index is 1040. The largest absolute Gasteiger partial charge is 0.496 e. The van der Waals surface area contributed by atoms with Crippen LogP contribution in [-0.4, -0.2) is 24.8 Å². The van der Waals surface area contributed by atoms with Crippen LogP contribution in [0.25, 0.3) is 22.1 Å². The second kappa shape index (κ2) is 7.08. The van der Waals surface area contributed by atoms with Crippen LogP contribution in [0.3, 0.4) is 0 Å². The van der Waals surface area contributed by atoms with Crippen LogP contribution in [-0.2, 0) is 6.54 Å². The Morgan fingerprint density at radius 3 is 2.78 bits per heavy atom. The fraction of sp³-hybridized carbons (Fsp3) is 0.318. The second-order valence-corrected chi connectivity index (χ2v) is 6.79. The minimum atomic E-state index is -0.0655. The van der Waals surface area contributed by atoms with Crippen LogP contribution in [0.15, 0.2) is 51.9 Å². The van der Waals surface area contributed by atoms with E-state index in [1.165, 1.54) is 6.26 Å². The third-order valence-electron chi connectivity index (χ3n) is 5.08. The Kier molecular flexibility index (Phi) is 4.62. The van der Waals surface area contributed by atoms with Crippen molar-refractivity contribution in [2.24, 2.45) is 0 Å². The average molecular weight is 365 g/mol. The van der Waals surface area contributed by atoms with Crippen molar-refractivity contribution in [2.45, 2.75) is 33.0 Å². The molecule has 0 amide bonds. The smallest absolute Gasteiger partial charge is 0.200 e. The highest BCUT2D eigenvalue weighted by Gasteiger charge is 2.27. The zero-order valence-electron chi connectivity index (χ0n) is 15.8. The number of ether oxygens (including phenoxy) is 2. The van der Waals surface area contributed by atoms with Crippen LogP contribution in [0.5, 0.6) is 11.5 Å². The molecule has 1 aliphatic heterocycles. The van der Waals surface area contributed by atoms with E-state index < -0.39 is 0 Å². The van der Waals surface area contributed by atoms with E-state index in [0.717, 1.165) is 29.8 Å². The quantitative estimate of drug-likeness (QED) is 0.685. The van der Waals surface area contributed by atoms with Crippen molar-refractivity contribution in [3.8, 4) is 22.6 Å². The van der Waals surface area contributed by atoms with E-state index in [9.17, 15) is 4.79 Å². The van der Waals surface area contributed by atoms with Crippen LogP contribution < -0.4 is 14.9 Å². The van der Waals surface area contributed by atoms with Crippen molar-refractivity contribution in [3.05, 3.63) is 58.4 Å². The first kappa shape index (κ1) is 17.6. The number of methoxy groups -OCH3 is 1. The van der Waals surface area contributed by atoms with Crippen molar-refractivity contribution >= 4 is 11.0 Å². The molecular weight excluding hydrogens is 342 g/mol. The Morgan fingerprint density at radius 1 is 1.19 bits per heavy atom. The average Bonchev–Trinajstić information content (AvgIpc) is 2.69. The lowest BCUT2D eigenvalue weighted by molar-refractivity contribution is 0.0138. The second-order valence-electron chi connectivity index (χ2n) is 6.79. The van der Waals surface area contributed by atoms with Crippen LogP contribution >= 0.6 is 0 Å². The lowest BCUT2D eigenvalue weighted by Gasteiger charge is -2.34. The predicted molar refractivity (Wildman–Crippen MR) is 105 cm³/mol. The van der Waals surface area contributed by atoms with Crippen LogP contribution in [0.4, 0.5) is 0 Å². The van der Waals surface area contributed by atoms with Gasteiger partial charge in [0.15, 0.2) is 0 Å². The molecule has 140 valence electrons. The van der Waals surface area contributed by atoms with Crippen molar-refractivity contribution in [1.82, 2.24) is 4.90 Å². The van der Waals surface area contributed by atoms with Gasteiger partial charge in [-0.2, -0.15) is 0 Å². The van der Waals surface area contributed by atoms with Gasteiger partial charge in [-0.15, -0.1) is 0 Å². The Morgan fingerprint density at radius 2 is 2.00 bits per heavy atom. The first-order chi connectivity index (χ1) is 13.1. The summed E-state index contributed by atoms with van der Waals surface area (Å²) < 4.78 is 17.4. The van der Waals surface area contributed by atoms with Crippen molar-refractivity contribution in [1.29, 1.82) is 0 Å². The zero-order valence-corrected chi connectivity index (χ0v) is 15.8. The van der Waals surface area contributed by atoms with Gasteiger partial charge in [0, 0.05) is 18.7 Å². The van der Waals surface area contributed by atoms with E-state index in [1.54, 1.807) is 13.2 Å². The van der Waals surface area contributed by atoms with Gasteiger partial charge in [0.2, 0.25) is 5.43 Å². The highest BCUT2D eigenvalue weighted by Crippen LogP contribution is 2.35. The monoisotopic (exact) mass is 365 g/mol. The van der Waals surface area contributed by atoms with Crippen LogP contribution in [0.2, 0.25) is 0 Å². The summed E-state index contributed by atoms with van der Waals surface area (Å²) in [5.74, 6) is 1.43. The SMILES string of the molecule is CCCN1Cc2c(ccc3c(=O)c(-c4ccccc4OC)coc23)OC1C. The molecule has 0 radical (unpaired) electrons. The van der Waals surface area contributed by atoms with E-state index >= 15 is 0 Å². The molecule has 2 aromatic carbocycles. The zero-order chi connectivity index (χ0) is 19.0. The van der Waals surface area contributed by atoms with Crippen LogP contribution in [0, 0.1) is 0 Å². The lowest BCUT2D eigenvalue weighted by Crippen LogP contribution is -2.40. The number of nitrogens with zero attached hydrogens (tertiary/aromatic N) is 1. The van der Waals surface area contributed by atoms with Gasteiger partial charge in [-0.05, 0) is 31.5 Å². The molecule has 0 fully saturated rings. The van der Waals surface area contributed by atoms with E-state index in [1.807, 2.05) is 37.3 Å². The molecule has 5 heteroatoms. The maximum absolute atomic E-state index is 13.2. The molecule has 0 aliphatic carbocycles. The van der Waals surface area contributed by atoms with E-state index in [0.29, 0.717) is 28.8 Å². The molecule has 0 saturated carbocycles.